The van der Waals surface area contributed by atoms with Gasteiger partial charge in [-0.3, -0.25) is 9.78 Å². The molecule has 5 nitrogen and oxygen atoms in total. The highest BCUT2D eigenvalue weighted by Crippen LogP contribution is 2.20. The van der Waals surface area contributed by atoms with Crippen LogP contribution in [0.4, 0.5) is 5.82 Å². The highest BCUT2D eigenvalue weighted by molar-refractivity contribution is 5.92. The topological polar surface area (TPSA) is 58.1 Å². The van der Waals surface area contributed by atoms with Gasteiger partial charge in [0.1, 0.15) is 11.5 Å². The maximum atomic E-state index is 12.5. The lowest BCUT2D eigenvalue weighted by Gasteiger charge is -2.32. The van der Waals surface area contributed by atoms with Crippen LogP contribution in [-0.4, -0.2) is 40.4 Å². The van der Waals surface area contributed by atoms with Crippen LogP contribution >= 0.6 is 0 Å². The molecule has 1 amide bonds. The molecule has 1 aliphatic heterocycles. The Labute approximate surface area is 120 Å². The molecule has 0 bridgehead atoms. The van der Waals surface area contributed by atoms with Crippen LogP contribution in [0.2, 0.25) is 0 Å². The molecule has 1 saturated heterocycles. The van der Waals surface area contributed by atoms with Gasteiger partial charge in [0.05, 0.1) is 12.4 Å². The summed E-state index contributed by atoms with van der Waals surface area (Å²) in [6, 6.07) is 0. The van der Waals surface area contributed by atoms with Crippen LogP contribution in [0.25, 0.3) is 0 Å². The molecule has 1 N–H and O–H groups in total. The van der Waals surface area contributed by atoms with Crippen molar-refractivity contribution in [2.45, 2.75) is 39.5 Å². The van der Waals surface area contributed by atoms with Crippen molar-refractivity contribution in [2.24, 2.45) is 5.92 Å². The number of likely N-dealkylation sites (tertiary alicyclic amines) is 1. The van der Waals surface area contributed by atoms with Crippen molar-refractivity contribution in [3.05, 3.63) is 18.1 Å². The Balaban J connectivity index is 2.04. The fourth-order valence-electron chi connectivity index (χ4n) is 2.55. The number of aromatic nitrogens is 2. The summed E-state index contributed by atoms with van der Waals surface area (Å²) in [5, 5.41) is 3.17. The van der Waals surface area contributed by atoms with Crippen molar-refractivity contribution in [3.63, 3.8) is 0 Å². The molecule has 110 valence electrons. The van der Waals surface area contributed by atoms with Gasteiger partial charge in [-0.1, -0.05) is 20.3 Å². The lowest BCUT2D eigenvalue weighted by Crippen LogP contribution is -2.40. The number of carbonyl (C=O) groups excluding carboxylic acids is 1. The Bertz CT molecular complexity index is 449. The van der Waals surface area contributed by atoms with E-state index in [2.05, 4.69) is 29.1 Å². The Morgan fingerprint density at radius 1 is 1.45 bits per heavy atom. The predicted octanol–water partition coefficient (Wildman–Crippen LogP) is 2.56. The SMILES string of the molecule is CCCNc1cncc(C(=O)N2CCCC(CC)C2)n1. The smallest absolute Gasteiger partial charge is 0.274 e. The number of amides is 1. The fourth-order valence-corrected chi connectivity index (χ4v) is 2.55. The van der Waals surface area contributed by atoms with Gasteiger partial charge >= 0.3 is 0 Å². The first kappa shape index (κ1) is 14.8. The van der Waals surface area contributed by atoms with E-state index in [1.807, 2.05) is 4.90 Å². The Hall–Kier alpha value is -1.65. The van der Waals surface area contributed by atoms with Crippen LogP contribution in [0.15, 0.2) is 12.4 Å². The minimum absolute atomic E-state index is 0.01000. The number of anilines is 1. The molecular weight excluding hydrogens is 252 g/mol. The van der Waals surface area contributed by atoms with E-state index in [-0.39, 0.29) is 5.91 Å². The Morgan fingerprint density at radius 2 is 2.30 bits per heavy atom. The lowest BCUT2D eigenvalue weighted by atomic mass is 9.95. The number of piperidine rings is 1. The summed E-state index contributed by atoms with van der Waals surface area (Å²) in [5.74, 6) is 1.32. The third-order valence-electron chi connectivity index (χ3n) is 3.79. The second-order valence-corrected chi connectivity index (χ2v) is 5.38. The first-order valence-electron chi connectivity index (χ1n) is 7.59. The molecule has 5 heteroatoms. The molecular formula is C15H24N4O. The normalized spacial score (nSPS) is 18.9. The maximum absolute atomic E-state index is 12.5. The molecule has 0 aliphatic carbocycles. The largest absolute Gasteiger partial charge is 0.369 e. The van der Waals surface area contributed by atoms with Crippen LogP contribution in [0, 0.1) is 5.92 Å². The minimum Gasteiger partial charge on any atom is -0.369 e. The molecule has 1 fully saturated rings. The van der Waals surface area contributed by atoms with Crippen molar-refractivity contribution >= 4 is 11.7 Å². The zero-order valence-electron chi connectivity index (χ0n) is 12.4. The van der Waals surface area contributed by atoms with Crippen LogP contribution in [0.3, 0.4) is 0 Å². The summed E-state index contributed by atoms with van der Waals surface area (Å²) in [6.07, 6.45) is 7.69. The van der Waals surface area contributed by atoms with Gasteiger partial charge in [-0.2, -0.15) is 0 Å². The second-order valence-electron chi connectivity index (χ2n) is 5.38. The van der Waals surface area contributed by atoms with Crippen LogP contribution < -0.4 is 5.32 Å². The average molecular weight is 276 g/mol. The zero-order valence-corrected chi connectivity index (χ0v) is 12.4. The molecule has 0 aromatic carbocycles. The van der Waals surface area contributed by atoms with Gasteiger partial charge in [0.2, 0.25) is 0 Å². The molecule has 1 unspecified atom stereocenters. The van der Waals surface area contributed by atoms with Crippen molar-refractivity contribution in [3.8, 4) is 0 Å². The number of nitrogens with zero attached hydrogens (tertiary/aromatic N) is 3. The molecule has 0 spiro atoms. The predicted molar refractivity (Wildman–Crippen MR) is 79.7 cm³/mol. The number of nitrogens with one attached hydrogen (secondary N) is 1. The van der Waals surface area contributed by atoms with E-state index in [1.165, 1.54) is 6.42 Å². The van der Waals surface area contributed by atoms with Crippen molar-refractivity contribution in [2.75, 3.05) is 25.0 Å². The van der Waals surface area contributed by atoms with Crippen molar-refractivity contribution in [1.82, 2.24) is 14.9 Å². The molecule has 0 saturated carbocycles. The van der Waals surface area contributed by atoms with E-state index in [0.717, 1.165) is 38.9 Å². The maximum Gasteiger partial charge on any atom is 0.274 e. The molecule has 2 rings (SSSR count). The molecule has 1 aromatic rings. The molecule has 1 aliphatic rings. The van der Waals surface area contributed by atoms with Crippen LogP contribution in [0.1, 0.15) is 50.0 Å². The van der Waals surface area contributed by atoms with Crippen LogP contribution in [0.5, 0.6) is 0 Å². The summed E-state index contributed by atoms with van der Waals surface area (Å²) < 4.78 is 0. The van der Waals surface area contributed by atoms with Crippen LogP contribution in [-0.2, 0) is 0 Å². The van der Waals surface area contributed by atoms with Crippen molar-refractivity contribution in [1.29, 1.82) is 0 Å². The van der Waals surface area contributed by atoms with Gasteiger partial charge in [0, 0.05) is 19.6 Å². The average Bonchev–Trinajstić information content (AvgIpc) is 2.52. The van der Waals surface area contributed by atoms with Gasteiger partial charge in [-0.15, -0.1) is 0 Å². The molecule has 1 aromatic heterocycles. The fraction of sp³-hybridized carbons (Fsp3) is 0.667. The second kappa shape index (κ2) is 7.22. The summed E-state index contributed by atoms with van der Waals surface area (Å²) in [7, 11) is 0. The third-order valence-corrected chi connectivity index (χ3v) is 3.79. The number of carbonyl (C=O) groups is 1. The Kier molecular flexibility index (Phi) is 5.32. The first-order chi connectivity index (χ1) is 9.74. The van der Waals surface area contributed by atoms with E-state index >= 15 is 0 Å². The summed E-state index contributed by atoms with van der Waals surface area (Å²) >= 11 is 0. The molecule has 2 heterocycles. The van der Waals surface area contributed by atoms with E-state index in [1.54, 1.807) is 12.4 Å². The molecule has 20 heavy (non-hydrogen) atoms. The Morgan fingerprint density at radius 3 is 3.05 bits per heavy atom. The van der Waals surface area contributed by atoms with Gasteiger partial charge in [0.15, 0.2) is 0 Å². The van der Waals surface area contributed by atoms with E-state index in [9.17, 15) is 4.79 Å². The van der Waals surface area contributed by atoms with E-state index in [4.69, 9.17) is 0 Å². The summed E-state index contributed by atoms with van der Waals surface area (Å²) in [6.45, 7) is 6.81. The van der Waals surface area contributed by atoms with Gasteiger partial charge in [-0.25, -0.2) is 4.98 Å². The number of hydrogen-bond donors (Lipinski definition) is 1. The summed E-state index contributed by atoms with van der Waals surface area (Å²) in [4.78, 5) is 22.9. The molecule has 0 radical (unpaired) electrons. The number of hydrogen-bond acceptors (Lipinski definition) is 4. The zero-order chi connectivity index (χ0) is 14.4. The lowest BCUT2D eigenvalue weighted by molar-refractivity contribution is 0.0665. The highest BCUT2D eigenvalue weighted by atomic mass is 16.2. The monoisotopic (exact) mass is 276 g/mol. The number of rotatable bonds is 5. The van der Waals surface area contributed by atoms with Gasteiger partial charge < -0.3 is 10.2 Å². The quantitative estimate of drug-likeness (QED) is 0.898. The standard InChI is InChI=1S/C15H24N4O/c1-3-7-17-14-10-16-9-13(18-14)15(20)19-8-5-6-12(4-2)11-19/h9-10,12H,3-8,11H2,1-2H3,(H,17,18). The van der Waals surface area contributed by atoms with Gasteiger partial charge in [-0.05, 0) is 25.2 Å². The van der Waals surface area contributed by atoms with E-state index in [0.29, 0.717) is 17.4 Å². The highest BCUT2D eigenvalue weighted by Gasteiger charge is 2.24. The first-order valence-corrected chi connectivity index (χ1v) is 7.59. The van der Waals surface area contributed by atoms with Gasteiger partial charge in [0.25, 0.3) is 5.91 Å². The molecule has 1 atom stereocenters. The third kappa shape index (κ3) is 3.68. The van der Waals surface area contributed by atoms with Crippen molar-refractivity contribution < 1.29 is 4.79 Å². The minimum atomic E-state index is 0.01000. The van der Waals surface area contributed by atoms with E-state index < -0.39 is 0 Å². The summed E-state index contributed by atoms with van der Waals surface area (Å²) in [5.41, 5.74) is 0.447.